The molecule has 2 N–H and O–H groups in total. The van der Waals surface area contributed by atoms with E-state index in [9.17, 15) is 0 Å². The molecule has 1 rings (SSSR count). The van der Waals surface area contributed by atoms with Crippen molar-refractivity contribution in [3.05, 3.63) is 33.8 Å². The average molecular weight is 240 g/mol. The first-order valence-corrected chi connectivity index (χ1v) is 6.19. The number of hydrogen-bond donors (Lipinski definition) is 1. The molecule has 0 aliphatic carbocycles. The zero-order chi connectivity index (χ0) is 12.5. The Balaban J connectivity index is 3.19. The summed E-state index contributed by atoms with van der Waals surface area (Å²) in [5.41, 5.74) is 9.93. The van der Waals surface area contributed by atoms with Crippen LogP contribution in [-0.4, -0.2) is 0 Å². The first-order chi connectivity index (χ1) is 7.29. The van der Waals surface area contributed by atoms with Crippen LogP contribution in [0.4, 0.5) is 0 Å². The van der Waals surface area contributed by atoms with Gasteiger partial charge in [0, 0.05) is 11.1 Å². The van der Waals surface area contributed by atoms with Gasteiger partial charge in [0.25, 0.3) is 0 Å². The van der Waals surface area contributed by atoms with Crippen molar-refractivity contribution in [1.82, 2.24) is 0 Å². The monoisotopic (exact) mass is 239 g/mol. The van der Waals surface area contributed by atoms with Gasteiger partial charge in [-0.05, 0) is 48.4 Å². The Hall–Kier alpha value is -0.530. The van der Waals surface area contributed by atoms with Gasteiger partial charge in [0.15, 0.2) is 0 Å². The highest BCUT2D eigenvalue weighted by atomic mass is 35.5. The average Bonchev–Trinajstić information content (AvgIpc) is 2.22. The Bertz CT molecular complexity index is 383. The number of rotatable bonds is 3. The van der Waals surface area contributed by atoms with Crippen LogP contribution in [0.5, 0.6) is 0 Å². The van der Waals surface area contributed by atoms with Crippen LogP contribution in [0.15, 0.2) is 12.1 Å². The molecule has 0 saturated heterocycles. The molecule has 1 nitrogen and oxygen atoms in total. The number of aryl methyl sites for hydroxylation is 2. The maximum Gasteiger partial charge on any atom is 0.0456 e. The van der Waals surface area contributed by atoms with Gasteiger partial charge < -0.3 is 5.73 Å². The van der Waals surface area contributed by atoms with Crippen molar-refractivity contribution in [2.24, 2.45) is 11.1 Å². The lowest BCUT2D eigenvalue weighted by Crippen LogP contribution is -2.29. The van der Waals surface area contributed by atoms with Gasteiger partial charge >= 0.3 is 0 Å². The molecule has 1 aromatic carbocycles. The van der Waals surface area contributed by atoms with Crippen LogP contribution in [0.3, 0.4) is 0 Å². The van der Waals surface area contributed by atoms with E-state index in [0.717, 1.165) is 17.0 Å². The Labute approximate surface area is 104 Å². The van der Waals surface area contributed by atoms with E-state index in [1.54, 1.807) is 0 Å². The molecule has 0 radical (unpaired) electrons. The fourth-order valence-electron chi connectivity index (χ4n) is 1.68. The molecule has 1 atom stereocenters. The van der Waals surface area contributed by atoms with E-state index in [1.807, 2.05) is 6.07 Å². The molecule has 0 fully saturated rings. The van der Waals surface area contributed by atoms with Gasteiger partial charge in [-0.2, -0.15) is 0 Å². The minimum absolute atomic E-state index is 0.00991. The zero-order valence-corrected chi connectivity index (χ0v) is 11.7. The molecule has 0 aliphatic heterocycles. The first-order valence-electron chi connectivity index (χ1n) is 5.82. The summed E-state index contributed by atoms with van der Waals surface area (Å²) < 4.78 is 0. The molecule has 0 aliphatic rings. The fourth-order valence-corrected chi connectivity index (χ4v) is 2.02. The van der Waals surface area contributed by atoms with Gasteiger partial charge in [0.1, 0.15) is 0 Å². The van der Waals surface area contributed by atoms with Crippen LogP contribution in [-0.2, 0) is 0 Å². The molecule has 0 aromatic heterocycles. The minimum atomic E-state index is -0.00991. The van der Waals surface area contributed by atoms with Crippen molar-refractivity contribution in [3.63, 3.8) is 0 Å². The summed E-state index contributed by atoms with van der Waals surface area (Å²) in [6.45, 7) is 10.7. The molecule has 90 valence electrons. The summed E-state index contributed by atoms with van der Waals surface area (Å²) in [6, 6.07) is 4.13. The summed E-state index contributed by atoms with van der Waals surface area (Å²) in [5, 5.41) is 0.789. The third-order valence-corrected chi connectivity index (χ3v) is 4.03. The SMILES string of the molecule is CCC(C)(C)C(N)c1cc(C)c(C)cc1Cl. The summed E-state index contributed by atoms with van der Waals surface area (Å²) in [5.74, 6) is 0. The van der Waals surface area contributed by atoms with Gasteiger partial charge in [-0.15, -0.1) is 0 Å². The number of nitrogens with two attached hydrogens (primary N) is 1. The Morgan fingerprint density at radius 3 is 2.25 bits per heavy atom. The topological polar surface area (TPSA) is 26.0 Å². The summed E-state index contributed by atoms with van der Waals surface area (Å²) in [4.78, 5) is 0. The standard InChI is InChI=1S/C14H22ClN/c1-6-14(4,5)13(16)11-7-9(2)10(3)8-12(11)15/h7-8,13H,6,16H2,1-5H3. The highest BCUT2D eigenvalue weighted by Crippen LogP contribution is 2.38. The van der Waals surface area contributed by atoms with Crippen molar-refractivity contribution < 1.29 is 0 Å². The van der Waals surface area contributed by atoms with E-state index < -0.39 is 0 Å². The molecule has 1 aromatic rings. The summed E-state index contributed by atoms with van der Waals surface area (Å²) >= 11 is 6.28. The van der Waals surface area contributed by atoms with Crippen molar-refractivity contribution in [3.8, 4) is 0 Å². The third-order valence-electron chi connectivity index (χ3n) is 3.70. The van der Waals surface area contributed by atoms with Gasteiger partial charge in [-0.1, -0.05) is 38.4 Å². The molecule has 0 spiro atoms. The number of benzene rings is 1. The van der Waals surface area contributed by atoms with Gasteiger partial charge in [-0.3, -0.25) is 0 Å². The van der Waals surface area contributed by atoms with Crippen LogP contribution >= 0.6 is 11.6 Å². The van der Waals surface area contributed by atoms with E-state index in [1.165, 1.54) is 11.1 Å². The highest BCUT2D eigenvalue weighted by molar-refractivity contribution is 6.31. The van der Waals surface area contributed by atoms with Crippen LogP contribution in [0.1, 0.15) is 49.9 Å². The van der Waals surface area contributed by atoms with Crippen molar-refractivity contribution >= 4 is 11.6 Å². The fraction of sp³-hybridized carbons (Fsp3) is 0.571. The molecule has 2 heteroatoms. The van der Waals surface area contributed by atoms with Crippen LogP contribution in [0.25, 0.3) is 0 Å². The summed E-state index contributed by atoms with van der Waals surface area (Å²) in [7, 11) is 0. The lowest BCUT2D eigenvalue weighted by Gasteiger charge is -2.31. The normalized spacial score (nSPS) is 13.9. The van der Waals surface area contributed by atoms with E-state index in [0.29, 0.717) is 0 Å². The second-order valence-corrected chi connectivity index (χ2v) is 5.68. The highest BCUT2D eigenvalue weighted by Gasteiger charge is 2.27. The smallest absolute Gasteiger partial charge is 0.0456 e. The van der Waals surface area contributed by atoms with Crippen LogP contribution in [0, 0.1) is 19.3 Å². The van der Waals surface area contributed by atoms with E-state index in [2.05, 4.69) is 40.7 Å². The number of hydrogen-bond acceptors (Lipinski definition) is 1. The van der Waals surface area contributed by atoms with Crippen LogP contribution in [0.2, 0.25) is 5.02 Å². The predicted molar refractivity (Wildman–Crippen MR) is 71.9 cm³/mol. The van der Waals surface area contributed by atoms with Crippen molar-refractivity contribution in [2.45, 2.75) is 47.1 Å². The van der Waals surface area contributed by atoms with Crippen molar-refractivity contribution in [2.75, 3.05) is 0 Å². The quantitative estimate of drug-likeness (QED) is 0.832. The maximum atomic E-state index is 6.32. The number of halogens is 1. The predicted octanol–water partition coefficient (Wildman–Crippen LogP) is 4.39. The first kappa shape index (κ1) is 13.5. The van der Waals surface area contributed by atoms with E-state index in [4.69, 9.17) is 17.3 Å². The molecular weight excluding hydrogens is 218 g/mol. The lowest BCUT2D eigenvalue weighted by molar-refractivity contribution is 0.278. The second-order valence-electron chi connectivity index (χ2n) is 5.28. The van der Waals surface area contributed by atoms with E-state index >= 15 is 0 Å². The Kier molecular flexibility index (Phi) is 4.03. The van der Waals surface area contributed by atoms with E-state index in [-0.39, 0.29) is 11.5 Å². The van der Waals surface area contributed by atoms with Gasteiger partial charge in [0.05, 0.1) is 0 Å². The molecule has 0 bridgehead atoms. The Morgan fingerprint density at radius 1 is 1.25 bits per heavy atom. The molecule has 0 heterocycles. The van der Waals surface area contributed by atoms with Gasteiger partial charge in [-0.25, -0.2) is 0 Å². The van der Waals surface area contributed by atoms with Gasteiger partial charge in [0.2, 0.25) is 0 Å². The summed E-state index contributed by atoms with van der Waals surface area (Å²) in [6.07, 6.45) is 1.04. The third kappa shape index (κ3) is 2.58. The molecule has 1 unspecified atom stereocenters. The molecule has 16 heavy (non-hydrogen) atoms. The molecule has 0 amide bonds. The van der Waals surface area contributed by atoms with Crippen molar-refractivity contribution in [1.29, 1.82) is 0 Å². The zero-order valence-electron chi connectivity index (χ0n) is 10.9. The Morgan fingerprint density at radius 2 is 1.75 bits per heavy atom. The largest absolute Gasteiger partial charge is 0.323 e. The lowest BCUT2D eigenvalue weighted by atomic mass is 9.78. The molecular formula is C14H22ClN. The second kappa shape index (κ2) is 4.77. The van der Waals surface area contributed by atoms with Crippen LogP contribution < -0.4 is 5.73 Å². The minimum Gasteiger partial charge on any atom is -0.323 e. The molecule has 0 saturated carbocycles. The maximum absolute atomic E-state index is 6.32.